The number of carboxylic acids is 1. The number of likely N-dealkylation sites (N-methyl/N-ethyl adjacent to an activating group) is 2. The maximum Gasteiger partial charge on any atom is 0.410 e. The van der Waals surface area contributed by atoms with Crippen molar-refractivity contribution in [2.24, 2.45) is 0 Å². The number of nitrogens with zero attached hydrogens (tertiary/aromatic N) is 3. The maximum absolute atomic E-state index is 14.3. The number of fused-ring (bicyclic) bond motifs is 3. The van der Waals surface area contributed by atoms with Crippen LogP contribution in [-0.4, -0.2) is 89.6 Å². The van der Waals surface area contributed by atoms with Gasteiger partial charge in [0.05, 0.1) is 0 Å². The van der Waals surface area contributed by atoms with E-state index in [1.54, 1.807) is 6.08 Å². The Bertz CT molecular complexity index is 1600. The van der Waals surface area contributed by atoms with Crippen molar-refractivity contribution in [1.82, 2.24) is 14.7 Å². The quantitative estimate of drug-likeness (QED) is 0.312. The summed E-state index contributed by atoms with van der Waals surface area (Å²) in [7, 11) is 2.95. The van der Waals surface area contributed by atoms with Crippen molar-refractivity contribution in [2.75, 3.05) is 33.8 Å². The number of carbonyl (C=O) groups excluding carboxylic acids is 3. The SMILES string of the molecule is C=Cc1ccc(C[C@@H](C(=O)N(C)CC(=O)O)N2CC/C=C\C[C@H](N(C)C(=O)OCC3c4ccccc4-c4ccccc43)C2=O)cc1. The van der Waals surface area contributed by atoms with E-state index in [9.17, 15) is 24.3 Å². The molecular weight excluding hydrogens is 582 g/mol. The maximum atomic E-state index is 14.3. The Labute approximate surface area is 269 Å². The molecule has 1 heterocycles. The number of hydrogen-bond donors (Lipinski definition) is 1. The highest BCUT2D eigenvalue weighted by atomic mass is 16.6. The van der Waals surface area contributed by atoms with Crippen molar-refractivity contribution in [2.45, 2.75) is 37.3 Å². The second kappa shape index (κ2) is 14.3. The molecule has 46 heavy (non-hydrogen) atoms. The van der Waals surface area contributed by atoms with E-state index in [0.29, 0.717) is 6.42 Å². The fourth-order valence-corrected chi connectivity index (χ4v) is 6.29. The fourth-order valence-electron chi connectivity index (χ4n) is 6.29. The van der Waals surface area contributed by atoms with Crippen LogP contribution in [0.4, 0.5) is 4.79 Å². The molecule has 238 valence electrons. The van der Waals surface area contributed by atoms with Crippen LogP contribution < -0.4 is 0 Å². The van der Waals surface area contributed by atoms with E-state index < -0.39 is 42.5 Å². The normalized spacial score (nSPS) is 17.1. The molecule has 0 unspecified atom stereocenters. The van der Waals surface area contributed by atoms with Crippen LogP contribution in [0.3, 0.4) is 0 Å². The minimum Gasteiger partial charge on any atom is -0.480 e. The summed E-state index contributed by atoms with van der Waals surface area (Å²) in [5.41, 5.74) is 6.12. The van der Waals surface area contributed by atoms with Crippen LogP contribution >= 0.6 is 0 Å². The summed E-state index contributed by atoms with van der Waals surface area (Å²) in [6.07, 6.45) is 5.81. The van der Waals surface area contributed by atoms with E-state index in [4.69, 9.17) is 4.74 Å². The Morgan fingerprint density at radius 3 is 2.22 bits per heavy atom. The van der Waals surface area contributed by atoms with Crippen LogP contribution in [0.25, 0.3) is 17.2 Å². The lowest BCUT2D eigenvalue weighted by atomic mass is 9.98. The molecule has 5 rings (SSSR count). The molecule has 9 nitrogen and oxygen atoms in total. The van der Waals surface area contributed by atoms with E-state index in [1.165, 1.54) is 23.9 Å². The minimum absolute atomic E-state index is 0.111. The molecule has 2 atom stereocenters. The Hall–Kier alpha value is -5.18. The summed E-state index contributed by atoms with van der Waals surface area (Å²) in [4.78, 5) is 56.9. The van der Waals surface area contributed by atoms with E-state index in [0.717, 1.165) is 38.3 Å². The Balaban J connectivity index is 1.36. The first-order valence-electron chi connectivity index (χ1n) is 15.4. The fraction of sp³-hybridized carbons (Fsp3) is 0.297. The molecule has 3 aromatic carbocycles. The van der Waals surface area contributed by atoms with Gasteiger partial charge >= 0.3 is 12.1 Å². The average molecular weight is 622 g/mol. The zero-order valence-corrected chi connectivity index (χ0v) is 26.2. The van der Waals surface area contributed by atoms with Gasteiger partial charge in [0.2, 0.25) is 11.8 Å². The lowest BCUT2D eigenvalue weighted by Gasteiger charge is -2.38. The average Bonchev–Trinajstić information content (AvgIpc) is 3.37. The highest BCUT2D eigenvalue weighted by molar-refractivity contribution is 5.92. The van der Waals surface area contributed by atoms with Gasteiger partial charge in [-0.1, -0.05) is 97.6 Å². The van der Waals surface area contributed by atoms with Crippen molar-refractivity contribution in [1.29, 1.82) is 0 Å². The summed E-state index contributed by atoms with van der Waals surface area (Å²) >= 11 is 0. The van der Waals surface area contributed by atoms with Gasteiger partial charge in [-0.05, 0) is 46.2 Å². The lowest BCUT2D eigenvalue weighted by molar-refractivity contribution is -0.150. The van der Waals surface area contributed by atoms with Crippen molar-refractivity contribution in [3.8, 4) is 11.1 Å². The molecule has 0 saturated carbocycles. The first kappa shape index (κ1) is 32.2. The molecule has 2 aliphatic rings. The van der Waals surface area contributed by atoms with Crippen LogP contribution in [0.1, 0.15) is 41.0 Å². The zero-order chi connectivity index (χ0) is 32.8. The van der Waals surface area contributed by atoms with E-state index in [-0.39, 0.29) is 31.9 Å². The van der Waals surface area contributed by atoms with Gasteiger partial charge in [0.25, 0.3) is 0 Å². The highest BCUT2D eigenvalue weighted by Crippen LogP contribution is 2.44. The van der Waals surface area contributed by atoms with Crippen molar-refractivity contribution >= 4 is 30.0 Å². The monoisotopic (exact) mass is 621 g/mol. The first-order valence-corrected chi connectivity index (χ1v) is 15.4. The van der Waals surface area contributed by atoms with Gasteiger partial charge in [0.1, 0.15) is 25.2 Å². The third kappa shape index (κ3) is 6.88. The predicted molar refractivity (Wildman–Crippen MR) is 176 cm³/mol. The summed E-state index contributed by atoms with van der Waals surface area (Å²) in [6, 6.07) is 21.7. The summed E-state index contributed by atoms with van der Waals surface area (Å²) < 4.78 is 5.86. The molecule has 0 bridgehead atoms. The predicted octanol–water partition coefficient (Wildman–Crippen LogP) is 5.21. The summed E-state index contributed by atoms with van der Waals surface area (Å²) in [5.74, 6) is -2.17. The third-order valence-corrected chi connectivity index (χ3v) is 8.78. The molecule has 0 radical (unpaired) electrons. The number of carboxylic acid groups (broad SMARTS) is 1. The molecular formula is C37H39N3O6. The Morgan fingerprint density at radius 1 is 0.978 bits per heavy atom. The van der Waals surface area contributed by atoms with Crippen LogP contribution in [-0.2, 0) is 25.5 Å². The van der Waals surface area contributed by atoms with Gasteiger partial charge < -0.3 is 19.6 Å². The lowest BCUT2D eigenvalue weighted by Crippen LogP contribution is -2.57. The van der Waals surface area contributed by atoms with Crippen LogP contribution in [0, 0.1) is 0 Å². The summed E-state index contributed by atoms with van der Waals surface area (Å²) in [6.45, 7) is 3.61. The van der Waals surface area contributed by atoms with Crippen molar-refractivity contribution in [3.05, 3.63) is 114 Å². The Kier molecular flexibility index (Phi) is 10.0. The van der Waals surface area contributed by atoms with E-state index in [1.807, 2.05) is 72.8 Å². The van der Waals surface area contributed by atoms with E-state index in [2.05, 4.69) is 18.7 Å². The smallest absolute Gasteiger partial charge is 0.410 e. The van der Waals surface area contributed by atoms with Gasteiger partial charge in [-0.15, -0.1) is 0 Å². The Morgan fingerprint density at radius 2 is 1.61 bits per heavy atom. The van der Waals surface area contributed by atoms with Crippen LogP contribution in [0.15, 0.2) is 91.5 Å². The van der Waals surface area contributed by atoms with Gasteiger partial charge in [-0.3, -0.25) is 19.3 Å². The van der Waals surface area contributed by atoms with Gasteiger partial charge in [0.15, 0.2) is 0 Å². The summed E-state index contributed by atoms with van der Waals surface area (Å²) in [5, 5.41) is 9.37. The highest BCUT2D eigenvalue weighted by Gasteiger charge is 2.39. The van der Waals surface area contributed by atoms with Crippen LogP contribution in [0.5, 0.6) is 0 Å². The topological polar surface area (TPSA) is 107 Å². The molecule has 3 amide bonds. The third-order valence-electron chi connectivity index (χ3n) is 8.78. The van der Waals surface area contributed by atoms with Gasteiger partial charge in [-0.2, -0.15) is 0 Å². The number of amides is 3. The standard InChI is InChI=1S/C37H39N3O6/c1-4-25-17-19-26(20-18-25)22-33(35(43)38(2)23-34(41)42)40-21-11-5-6-16-32(36(40)44)39(3)37(45)46-24-31-29-14-9-7-12-27(29)28-13-8-10-15-30(28)31/h4-10,12-15,17-20,31-33H,1,11,16,21-24H2,2-3H3,(H,41,42)/b6-5-/t32-,33-/m0/s1. The number of ether oxygens (including phenoxy) is 1. The number of carbonyl (C=O) groups is 4. The zero-order valence-electron chi connectivity index (χ0n) is 26.2. The molecule has 1 aliphatic carbocycles. The second-order valence-corrected chi connectivity index (χ2v) is 11.7. The molecule has 0 spiro atoms. The van der Waals surface area contributed by atoms with Gasteiger partial charge in [-0.25, -0.2) is 4.79 Å². The van der Waals surface area contributed by atoms with E-state index >= 15 is 0 Å². The molecule has 1 aliphatic heterocycles. The first-order chi connectivity index (χ1) is 22.2. The number of rotatable bonds is 10. The number of hydrogen-bond acceptors (Lipinski definition) is 5. The molecule has 1 N–H and O–H groups in total. The van der Waals surface area contributed by atoms with Crippen LogP contribution in [0.2, 0.25) is 0 Å². The molecule has 0 aromatic heterocycles. The second-order valence-electron chi connectivity index (χ2n) is 11.7. The minimum atomic E-state index is -1.15. The number of benzene rings is 3. The molecule has 0 saturated heterocycles. The van der Waals surface area contributed by atoms with Gasteiger partial charge in [0, 0.05) is 33.0 Å². The molecule has 3 aromatic rings. The molecule has 0 fully saturated rings. The largest absolute Gasteiger partial charge is 0.480 e. The van der Waals surface area contributed by atoms with Crippen molar-refractivity contribution in [3.63, 3.8) is 0 Å². The molecule has 9 heteroatoms. The number of aliphatic carboxylic acids is 1. The van der Waals surface area contributed by atoms with Crippen molar-refractivity contribution < 1.29 is 29.0 Å².